The molecule has 0 spiro atoms. The molecule has 1 N–H and O–H groups in total. The van der Waals surface area contributed by atoms with Gasteiger partial charge in [-0.2, -0.15) is 0 Å². The van der Waals surface area contributed by atoms with Crippen LogP contribution in [0, 0.1) is 10.1 Å². The van der Waals surface area contributed by atoms with Crippen LogP contribution in [0.5, 0.6) is 11.5 Å². The lowest BCUT2D eigenvalue weighted by Crippen LogP contribution is -3.12. The minimum Gasteiger partial charge on any atom is -0.486 e. The highest BCUT2D eigenvalue weighted by Crippen LogP contribution is 2.38. The number of nitrogens with zero attached hydrogens (tertiary/aromatic N) is 3. The van der Waals surface area contributed by atoms with Gasteiger partial charge in [-0.05, 0) is 26.0 Å². The van der Waals surface area contributed by atoms with E-state index in [9.17, 15) is 14.9 Å². The van der Waals surface area contributed by atoms with Gasteiger partial charge in [0.1, 0.15) is 13.2 Å². The summed E-state index contributed by atoms with van der Waals surface area (Å²) < 4.78 is 12.3. The first-order valence-corrected chi connectivity index (χ1v) is 12.4. The molecule has 0 radical (unpaired) electrons. The van der Waals surface area contributed by atoms with Gasteiger partial charge in [-0.15, -0.1) is 0 Å². The number of fused-ring (bicyclic) bond motifs is 2. The number of hydrogen-bond acceptors (Lipinski definition) is 8. The van der Waals surface area contributed by atoms with Gasteiger partial charge in [0, 0.05) is 29.2 Å². The standard InChI is InChI=1S/C22H24N4O5S2/c1-3-24(4-2)9-10-25(20(27)7-5-15-6-8-21(32-15)26(28)29)22-23-16-13-17-18(14-19(16)33-22)31-12-11-30-17/h5-8,13-14H,3-4,9-12H2,1-2H3/p+1. The Labute approximate surface area is 199 Å². The number of thiophene rings is 1. The van der Waals surface area contributed by atoms with Gasteiger partial charge in [0.15, 0.2) is 16.6 Å². The number of thiazole rings is 1. The summed E-state index contributed by atoms with van der Waals surface area (Å²) in [5.74, 6) is 1.14. The number of carbonyl (C=O) groups excluding carboxylic acids is 1. The molecule has 1 aliphatic rings. The Morgan fingerprint density at radius 1 is 1.21 bits per heavy atom. The molecule has 0 saturated carbocycles. The zero-order valence-electron chi connectivity index (χ0n) is 18.4. The molecule has 33 heavy (non-hydrogen) atoms. The maximum absolute atomic E-state index is 13.2. The first-order chi connectivity index (χ1) is 16.0. The predicted octanol–water partition coefficient (Wildman–Crippen LogP) is 3.01. The van der Waals surface area contributed by atoms with Crippen molar-refractivity contribution >= 4 is 55.0 Å². The van der Waals surface area contributed by atoms with E-state index >= 15 is 0 Å². The molecule has 0 unspecified atom stereocenters. The molecule has 3 heterocycles. The summed E-state index contributed by atoms with van der Waals surface area (Å²) >= 11 is 2.46. The Morgan fingerprint density at radius 3 is 2.61 bits per heavy atom. The maximum atomic E-state index is 13.2. The second-order valence-corrected chi connectivity index (χ2v) is 9.53. The number of likely N-dealkylation sites (N-methyl/N-ethyl adjacent to an activating group) is 1. The lowest BCUT2D eigenvalue weighted by Gasteiger charge is -2.21. The van der Waals surface area contributed by atoms with E-state index in [2.05, 4.69) is 13.8 Å². The summed E-state index contributed by atoms with van der Waals surface area (Å²) in [4.78, 5) is 32.1. The molecule has 0 aliphatic carbocycles. The van der Waals surface area contributed by atoms with Crippen molar-refractivity contribution in [3.8, 4) is 11.5 Å². The third-order valence-electron chi connectivity index (χ3n) is 5.41. The van der Waals surface area contributed by atoms with Crippen molar-refractivity contribution in [2.75, 3.05) is 44.3 Å². The topological polar surface area (TPSA) is 99.2 Å². The molecule has 11 heteroatoms. The van der Waals surface area contributed by atoms with Crippen LogP contribution in [0.15, 0.2) is 30.3 Å². The fourth-order valence-corrected chi connectivity index (χ4v) is 5.25. The molecular weight excluding hydrogens is 464 g/mol. The van der Waals surface area contributed by atoms with Crippen molar-refractivity contribution in [2.24, 2.45) is 0 Å². The molecule has 0 saturated heterocycles. The van der Waals surface area contributed by atoms with E-state index in [1.165, 1.54) is 28.4 Å². The zero-order valence-corrected chi connectivity index (χ0v) is 20.0. The van der Waals surface area contributed by atoms with Gasteiger partial charge in [0.05, 0.1) is 41.3 Å². The summed E-state index contributed by atoms with van der Waals surface area (Å²) in [6.07, 6.45) is 3.07. The molecular formula is C22H25N4O5S2+. The van der Waals surface area contributed by atoms with Crippen LogP contribution < -0.4 is 19.3 Å². The van der Waals surface area contributed by atoms with Gasteiger partial charge in [0.25, 0.3) is 5.91 Å². The number of carbonyl (C=O) groups is 1. The Morgan fingerprint density at radius 2 is 1.94 bits per heavy atom. The Bertz CT molecular complexity index is 1140. The van der Waals surface area contributed by atoms with Crippen LogP contribution in [0.3, 0.4) is 0 Å². The first kappa shape index (κ1) is 23.1. The van der Waals surface area contributed by atoms with Crippen molar-refractivity contribution < 1.29 is 24.1 Å². The number of anilines is 1. The van der Waals surface area contributed by atoms with E-state index in [1.807, 2.05) is 12.1 Å². The number of ether oxygens (including phenoxy) is 2. The smallest absolute Gasteiger partial charge is 0.324 e. The van der Waals surface area contributed by atoms with Gasteiger partial charge < -0.3 is 14.4 Å². The lowest BCUT2D eigenvalue weighted by molar-refractivity contribution is -0.894. The molecule has 1 aromatic carbocycles. The molecule has 4 rings (SSSR count). The fraction of sp³-hybridized carbons (Fsp3) is 0.364. The highest BCUT2D eigenvalue weighted by atomic mass is 32.1. The van der Waals surface area contributed by atoms with Crippen molar-refractivity contribution in [1.29, 1.82) is 0 Å². The maximum Gasteiger partial charge on any atom is 0.324 e. The van der Waals surface area contributed by atoms with E-state index in [4.69, 9.17) is 14.5 Å². The van der Waals surface area contributed by atoms with Gasteiger partial charge in [0.2, 0.25) is 0 Å². The van der Waals surface area contributed by atoms with Gasteiger partial charge >= 0.3 is 5.00 Å². The van der Waals surface area contributed by atoms with Crippen LogP contribution >= 0.6 is 22.7 Å². The summed E-state index contributed by atoms with van der Waals surface area (Å²) in [5, 5.41) is 11.6. The molecule has 1 amide bonds. The van der Waals surface area contributed by atoms with E-state index in [1.54, 1.807) is 17.0 Å². The molecule has 3 aromatic rings. The number of benzene rings is 1. The molecule has 0 fully saturated rings. The second-order valence-electron chi connectivity index (χ2n) is 7.42. The zero-order chi connectivity index (χ0) is 23.4. The average molecular weight is 490 g/mol. The third-order valence-corrected chi connectivity index (χ3v) is 7.45. The van der Waals surface area contributed by atoms with Crippen LogP contribution in [0.25, 0.3) is 16.3 Å². The number of hydrogen-bond donors (Lipinski definition) is 1. The van der Waals surface area contributed by atoms with E-state index in [-0.39, 0.29) is 10.9 Å². The van der Waals surface area contributed by atoms with Crippen molar-refractivity contribution in [3.63, 3.8) is 0 Å². The number of rotatable bonds is 9. The van der Waals surface area contributed by atoms with Crippen molar-refractivity contribution in [2.45, 2.75) is 13.8 Å². The summed E-state index contributed by atoms with van der Waals surface area (Å²) in [5.41, 5.74) is 0.755. The normalized spacial score (nSPS) is 13.2. The van der Waals surface area contributed by atoms with Crippen LogP contribution in [-0.2, 0) is 4.79 Å². The third kappa shape index (κ3) is 5.32. The molecule has 1 aliphatic heterocycles. The first-order valence-electron chi connectivity index (χ1n) is 10.8. The minimum atomic E-state index is -0.433. The van der Waals surface area contributed by atoms with Crippen LogP contribution in [0.1, 0.15) is 18.7 Å². The molecule has 0 atom stereocenters. The summed E-state index contributed by atoms with van der Waals surface area (Å²) in [6.45, 7) is 8.48. The Kier molecular flexibility index (Phi) is 7.21. The Balaban J connectivity index is 1.61. The summed E-state index contributed by atoms with van der Waals surface area (Å²) in [7, 11) is 0. The van der Waals surface area contributed by atoms with Crippen molar-refractivity contribution in [3.05, 3.63) is 45.3 Å². The highest BCUT2D eigenvalue weighted by Gasteiger charge is 2.22. The fourth-order valence-electron chi connectivity index (χ4n) is 3.52. The van der Waals surface area contributed by atoms with Crippen LogP contribution in [0.4, 0.5) is 10.1 Å². The van der Waals surface area contributed by atoms with E-state index in [0.29, 0.717) is 41.3 Å². The molecule has 0 bridgehead atoms. The van der Waals surface area contributed by atoms with Gasteiger partial charge in [-0.1, -0.05) is 22.7 Å². The van der Waals surface area contributed by atoms with Gasteiger partial charge in [-0.25, -0.2) is 4.98 Å². The number of quaternary nitrogens is 1. The van der Waals surface area contributed by atoms with Crippen molar-refractivity contribution in [1.82, 2.24) is 4.98 Å². The van der Waals surface area contributed by atoms with E-state index in [0.717, 1.165) is 41.2 Å². The number of amides is 1. The Hall–Kier alpha value is -3.02. The quantitative estimate of drug-likeness (QED) is 0.282. The predicted molar refractivity (Wildman–Crippen MR) is 130 cm³/mol. The summed E-state index contributed by atoms with van der Waals surface area (Å²) in [6, 6.07) is 6.83. The molecule has 174 valence electrons. The monoisotopic (exact) mass is 489 g/mol. The SMILES string of the molecule is CC[NH+](CC)CCN(C(=O)C=Cc1ccc([N+](=O)[O-])s1)c1nc2cc3c(cc2s1)OCCO3. The van der Waals surface area contributed by atoms with Crippen LogP contribution in [-0.4, -0.2) is 55.2 Å². The number of nitro groups is 1. The van der Waals surface area contributed by atoms with Crippen LogP contribution in [0.2, 0.25) is 0 Å². The highest BCUT2D eigenvalue weighted by molar-refractivity contribution is 7.22. The van der Waals surface area contributed by atoms with E-state index < -0.39 is 4.92 Å². The second kappa shape index (κ2) is 10.3. The minimum absolute atomic E-state index is 0.0451. The van der Waals surface area contributed by atoms with Gasteiger partial charge in [-0.3, -0.25) is 19.8 Å². The molecule has 2 aromatic heterocycles. The largest absolute Gasteiger partial charge is 0.486 e. The number of nitrogens with one attached hydrogen (secondary N) is 1. The number of aromatic nitrogens is 1. The lowest BCUT2D eigenvalue weighted by atomic mass is 10.3. The average Bonchev–Trinajstić information content (AvgIpc) is 3.45. The molecule has 9 nitrogen and oxygen atoms in total.